The zero-order valence-electron chi connectivity index (χ0n) is 15.5. The summed E-state index contributed by atoms with van der Waals surface area (Å²) in [6, 6.07) is 7.62. The Morgan fingerprint density at radius 3 is 2.31 bits per heavy atom. The number of hydrogen-bond donors (Lipinski definition) is 1. The lowest BCUT2D eigenvalue weighted by molar-refractivity contribution is -0.122. The molecular formula is C20H21N3O2S. The van der Waals surface area contributed by atoms with Gasteiger partial charge in [-0.25, -0.2) is 0 Å². The van der Waals surface area contributed by atoms with Crippen molar-refractivity contribution in [3.8, 4) is 0 Å². The number of benzene rings is 1. The number of hydrogen-bond acceptors (Lipinski definition) is 3. The van der Waals surface area contributed by atoms with Crippen molar-refractivity contribution in [3.05, 3.63) is 57.9 Å². The van der Waals surface area contributed by atoms with Crippen LogP contribution in [0.25, 0.3) is 6.08 Å². The van der Waals surface area contributed by atoms with Gasteiger partial charge in [-0.3, -0.25) is 19.8 Å². The van der Waals surface area contributed by atoms with E-state index in [0.717, 1.165) is 28.1 Å². The van der Waals surface area contributed by atoms with Crippen LogP contribution in [0.3, 0.4) is 0 Å². The molecule has 0 aliphatic carbocycles. The average molecular weight is 367 g/mol. The summed E-state index contributed by atoms with van der Waals surface area (Å²) >= 11 is 5.25. The summed E-state index contributed by atoms with van der Waals surface area (Å²) in [5.74, 6) is -0.885. The fourth-order valence-corrected chi connectivity index (χ4v) is 3.22. The van der Waals surface area contributed by atoms with E-state index in [1.165, 1.54) is 4.90 Å². The van der Waals surface area contributed by atoms with E-state index in [-0.39, 0.29) is 10.7 Å². The molecule has 0 unspecified atom stereocenters. The molecule has 1 aromatic carbocycles. The number of aryl methyl sites for hydroxylation is 3. The molecule has 0 spiro atoms. The van der Waals surface area contributed by atoms with Gasteiger partial charge >= 0.3 is 0 Å². The second kappa shape index (κ2) is 6.53. The highest BCUT2D eigenvalue weighted by atomic mass is 32.1. The van der Waals surface area contributed by atoms with Gasteiger partial charge in [0.1, 0.15) is 5.57 Å². The van der Waals surface area contributed by atoms with E-state index in [9.17, 15) is 9.59 Å². The van der Waals surface area contributed by atoms with Gasteiger partial charge in [-0.15, -0.1) is 0 Å². The highest BCUT2D eigenvalue weighted by Crippen LogP contribution is 2.25. The van der Waals surface area contributed by atoms with E-state index in [4.69, 9.17) is 12.2 Å². The molecule has 3 rings (SSSR count). The predicted molar refractivity (Wildman–Crippen MR) is 107 cm³/mol. The minimum absolute atomic E-state index is 0.0746. The largest absolute Gasteiger partial charge is 0.352 e. The molecule has 1 aromatic heterocycles. The Labute approximate surface area is 158 Å². The first-order chi connectivity index (χ1) is 12.2. The number of anilines is 1. The molecule has 2 amide bonds. The quantitative estimate of drug-likeness (QED) is 0.504. The number of nitrogens with one attached hydrogen (secondary N) is 1. The van der Waals surface area contributed by atoms with Crippen molar-refractivity contribution >= 4 is 40.9 Å². The number of rotatable bonds is 2. The molecule has 1 aliphatic heterocycles. The van der Waals surface area contributed by atoms with E-state index >= 15 is 0 Å². The summed E-state index contributed by atoms with van der Waals surface area (Å²) in [4.78, 5) is 26.8. The molecule has 1 saturated heterocycles. The Morgan fingerprint density at radius 2 is 1.73 bits per heavy atom. The molecule has 26 heavy (non-hydrogen) atoms. The number of thiocarbonyl (C=S) groups is 1. The number of nitrogens with zero attached hydrogens (tertiary/aromatic N) is 2. The summed E-state index contributed by atoms with van der Waals surface area (Å²) < 4.78 is 2.02. The molecule has 2 aromatic rings. The third-order valence-corrected chi connectivity index (χ3v) is 5.25. The van der Waals surface area contributed by atoms with Gasteiger partial charge in [0, 0.05) is 18.4 Å². The van der Waals surface area contributed by atoms with Crippen LogP contribution in [0, 0.1) is 27.7 Å². The number of carbonyl (C=O) groups is 2. The predicted octanol–water partition coefficient (Wildman–Crippen LogP) is 3.09. The third-order valence-electron chi connectivity index (χ3n) is 4.96. The van der Waals surface area contributed by atoms with Gasteiger partial charge < -0.3 is 4.57 Å². The Balaban J connectivity index is 2.06. The van der Waals surface area contributed by atoms with Crippen LogP contribution < -0.4 is 10.2 Å². The molecule has 1 fully saturated rings. The molecule has 1 N–H and O–H groups in total. The molecular weight excluding hydrogens is 346 g/mol. The van der Waals surface area contributed by atoms with Gasteiger partial charge in [-0.05, 0) is 80.9 Å². The normalized spacial score (nSPS) is 16.4. The van der Waals surface area contributed by atoms with Crippen LogP contribution in [0.5, 0.6) is 0 Å². The van der Waals surface area contributed by atoms with Gasteiger partial charge in [-0.1, -0.05) is 6.07 Å². The molecule has 2 heterocycles. The third kappa shape index (κ3) is 2.97. The van der Waals surface area contributed by atoms with Crippen molar-refractivity contribution in [1.29, 1.82) is 0 Å². The molecule has 6 heteroatoms. The van der Waals surface area contributed by atoms with Crippen LogP contribution in [0.2, 0.25) is 0 Å². The van der Waals surface area contributed by atoms with Gasteiger partial charge in [0.25, 0.3) is 11.8 Å². The van der Waals surface area contributed by atoms with Gasteiger partial charge in [0.05, 0.1) is 5.69 Å². The summed E-state index contributed by atoms with van der Waals surface area (Å²) in [5.41, 5.74) is 5.78. The van der Waals surface area contributed by atoms with Gasteiger partial charge in [-0.2, -0.15) is 0 Å². The molecule has 0 bridgehead atoms. The van der Waals surface area contributed by atoms with E-state index < -0.39 is 11.8 Å². The summed E-state index contributed by atoms with van der Waals surface area (Å²) in [7, 11) is 1.95. The average Bonchev–Trinajstić information content (AvgIpc) is 2.81. The number of aromatic nitrogens is 1. The fourth-order valence-electron chi connectivity index (χ4n) is 2.94. The molecule has 5 nitrogen and oxygen atoms in total. The summed E-state index contributed by atoms with van der Waals surface area (Å²) in [5, 5.41) is 2.72. The van der Waals surface area contributed by atoms with Crippen LogP contribution in [0.1, 0.15) is 28.1 Å². The van der Waals surface area contributed by atoms with Gasteiger partial charge in [0.15, 0.2) is 5.11 Å². The Kier molecular flexibility index (Phi) is 4.54. The lowest BCUT2D eigenvalue weighted by atomic mass is 10.1. The van der Waals surface area contributed by atoms with Crippen LogP contribution in [0.4, 0.5) is 5.69 Å². The Bertz CT molecular complexity index is 985. The highest BCUT2D eigenvalue weighted by molar-refractivity contribution is 7.80. The number of carbonyl (C=O) groups excluding carboxylic acids is 2. The maximum atomic E-state index is 13.1. The minimum Gasteiger partial charge on any atom is -0.352 e. The SMILES string of the molecule is Cc1ccc(N2C(=O)C(=Cc3cc(C)n(C)c3C)C(=O)NC2=S)cc1C. The monoisotopic (exact) mass is 367 g/mol. The highest BCUT2D eigenvalue weighted by Gasteiger charge is 2.34. The van der Waals surface area contributed by atoms with Crippen molar-refractivity contribution in [2.45, 2.75) is 27.7 Å². The van der Waals surface area contributed by atoms with E-state index in [1.54, 1.807) is 6.08 Å². The smallest absolute Gasteiger partial charge is 0.270 e. The lowest BCUT2D eigenvalue weighted by Crippen LogP contribution is -2.54. The molecule has 0 radical (unpaired) electrons. The second-order valence-corrected chi connectivity index (χ2v) is 7.00. The Morgan fingerprint density at radius 1 is 1.04 bits per heavy atom. The van der Waals surface area contributed by atoms with Crippen LogP contribution in [0.15, 0.2) is 29.8 Å². The molecule has 1 aliphatic rings. The lowest BCUT2D eigenvalue weighted by Gasteiger charge is -2.29. The molecule has 0 saturated carbocycles. The Hall–Kier alpha value is -2.73. The maximum absolute atomic E-state index is 13.1. The van der Waals surface area contributed by atoms with Crippen LogP contribution >= 0.6 is 12.2 Å². The maximum Gasteiger partial charge on any atom is 0.270 e. The first kappa shape index (κ1) is 18.1. The topological polar surface area (TPSA) is 54.3 Å². The van der Waals surface area contributed by atoms with Crippen molar-refractivity contribution in [2.24, 2.45) is 7.05 Å². The van der Waals surface area contributed by atoms with Crippen molar-refractivity contribution in [1.82, 2.24) is 9.88 Å². The van der Waals surface area contributed by atoms with E-state index in [0.29, 0.717) is 5.69 Å². The number of amides is 2. The zero-order valence-corrected chi connectivity index (χ0v) is 16.3. The fraction of sp³-hybridized carbons (Fsp3) is 0.250. The zero-order chi connectivity index (χ0) is 19.2. The standard InChI is InChI=1S/C20H21N3O2S/c1-11-6-7-16(8-12(11)2)23-19(25)17(18(24)21-20(23)26)10-15-9-13(3)22(5)14(15)4/h6-10H,1-5H3,(H,21,24,26). The van der Waals surface area contributed by atoms with Crippen molar-refractivity contribution in [3.63, 3.8) is 0 Å². The van der Waals surface area contributed by atoms with Crippen molar-refractivity contribution in [2.75, 3.05) is 4.90 Å². The first-order valence-electron chi connectivity index (χ1n) is 8.32. The molecule has 134 valence electrons. The van der Waals surface area contributed by atoms with Crippen molar-refractivity contribution < 1.29 is 9.59 Å². The van der Waals surface area contributed by atoms with E-state index in [2.05, 4.69) is 5.32 Å². The van der Waals surface area contributed by atoms with E-state index in [1.807, 2.05) is 63.6 Å². The van der Waals surface area contributed by atoms with Crippen LogP contribution in [-0.2, 0) is 16.6 Å². The summed E-state index contributed by atoms with van der Waals surface area (Å²) in [6.07, 6.45) is 1.63. The second-order valence-electron chi connectivity index (χ2n) is 6.61. The van der Waals surface area contributed by atoms with Gasteiger partial charge in [0.2, 0.25) is 0 Å². The first-order valence-corrected chi connectivity index (χ1v) is 8.73. The molecule has 0 atom stereocenters. The minimum atomic E-state index is -0.471. The summed E-state index contributed by atoms with van der Waals surface area (Å²) in [6.45, 7) is 7.91. The van der Waals surface area contributed by atoms with Crippen LogP contribution in [-0.4, -0.2) is 21.5 Å².